The van der Waals surface area contributed by atoms with Crippen LogP contribution in [0.3, 0.4) is 0 Å². The Morgan fingerprint density at radius 3 is 2.53 bits per heavy atom. The highest BCUT2D eigenvalue weighted by molar-refractivity contribution is 7.98. The second-order valence-electron chi connectivity index (χ2n) is 3.57. The van der Waals surface area contributed by atoms with Gasteiger partial charge in [-0.15, -0.1) is 11.8 Å². The average molecular weight is 246 g/mol. The van der Waals surface area contributed by atoms with Crippen molar-refractivity contribution in [2.24, 2.45) is 0 Å². The van der Waals surface area contributed by atoms with E-state index in [2.05, 4.69) is 0 Å². The molecule has 1 N–H and O–H groups in total. The quantitative estimate of drug-likeness (QED) is 0.834. The number of para-hydroxylation sites is 2. The summed E-state index contributed by atoms with van der Waals surface area (Å²) in [5.74, 6) is 1.99. The minimum Gasteiger partial charge on any atom is -0.507 e. The molecular formula is C14H14O2S. The van der Waals surface area contributed by atoms with Crippen LogP contribution in [0.4, 0.5) is 0 Å². The van der Waals surface area contributed by atoms with Crippen molar-refractivity contribution in [3.63, 3.8) is 0 Å². The summed E-state index contributed by atoms with van der Waals surface area (Å²) in [5.41, 5.74) is 1.13. The van der Waals surface area contributed by atoms with E-state index < -0.39 is 0 Å². The second-order valence-corrected chi connectivity index (χ2v) is 4.59. The van der Waals surface area contributed by atoms with Gasteiger partial charge in [0, 0.05) is 16.2 Å². The summed E-state index contributed by atoms with van der Waals surface area (Å²) in [6.07, 6.45) is 0. The molecule has 0 unspecified atom stereocenters. The third kappa shape index (κ3) is 2.94. The van der Waals surface area contributed by atoms with Gasteiger partial charge in [-0.2, -0.15) is 0 Å². The van der Waals surface area contributed by atoms with E-state index >= 15 is 0 Å². The van der Waals surface area contributed by atoms with Gasteiger partial charge in [0.1, 0.15) is 11.5 Å². The molecule has 0 amide bonds. The molecule has 0 fully saturated rings. The van der Waals surface area contributed by atoms with Crippen molar-refractivity contribution in [1.29, 1.82) is 0 Å². The maximum Gasteiger partial charge on any atom is 0.129 e. The first kappa shape index (κ1) is 11.9. The van der Waals surface area contributed by atoms with Crippen LogP contribution in [0.2, 0.25) is 0 Å². The van der Waals surface area contributed by atoms with Crippen molar-refractivity contribution in [3.8, 4) is 11.5 Å². The molecule has 88 valence electrons. The van der Waals surface area contributed by atoms with Gasteiger partial charge in [0.2, 0.25) is 0 Å². The van der Waals surface area contributed by atoms with E-state index in [1.165, 1.54) is 0 Å². The number of phenols is 1. The number of methoxy groups -OCH3 is 1. The van der Waals surface area contributed by atoms with E-state index in [0.717, 1.165) is 22.0 Å². The van der Waals surface area contributed by atoms with Crippen LogP contribution in [0.15, 0.2) is 53.4 Å². The number of thioether (sulfide) groups is 1. The van der Waals surface area contributed by atoms with Gasteiger partial charge in [-0.3, -0.25) is 0 Å². The molecule has 0 aliphatic carbocycles. The van der Waals surface area contributed by atoms with Crippen LogP contribution in [-0.2, 0) is 5.75 Å². The van der Waals surface area contributed by atoms with Gasteiger partial charge in [-0.1, -0.05) is 30.3 Å². The van der Waals surface area contributed by atoms with Crippen LogP contribution >= 0.6 is 11.8 Å². The molecule has 0 heterocycles. The number of phenolic OH excluding ortho intramolecular Hbond substituents is 1. The lowest BCUT2D eigenvalue weighted by Gasteiger charge is -2.08. The van der Waals surface area contributed by atoms with Gasteiger partial charge in [0.25, 0.3) is 0 Å². The Bertz CT molecular complexity index is 497. The highest BCUT2D eigenvalue weighted by Gasteiger charge is 2.04. The normalized spacial score (nSPS) is 10.2. The van der Waals surface area contributed by atoms with Crippen LogP contribution in [-0.4, -0.2) is 12.2 Å². The van der Waals surface area contributed by atoms with E-state index in [1.807, 2.05) is 42.5 Å². The second kappa shape index (κ2) is 5.64. The third-order valence-corrected chi connectivity index (χ3v) is 3.55. The first-order chi connectivity index (χ1) is 8.31. The SMILES string of the molecule is COc1ccccc1CSc1ccccc1O. The van der Waals surface area contributed by atoms with E-state index in [9.17, 15) is 5.11 Å². The maximum absolute atomic E-state index is 9.66. The van der Waals surface area contributed by atoms with Crippen LogP contribution in [0, 0.1) is 0 Å². The van der Waals surface area contributed by atoms with Crippen LogP contribution in [0.5, 0.6) is 11.5 Å². The van der Waals surface area contributed by atoms with Gasteiger partial charge in [-0.25, -0.2) is 0 Å². The van der Waals surface area contributed by atoms with Gasteiger partial charge in [0.05, 0.1) is 7.11 Å². The molecule has 0 radical (unpaired) electrons. The van der Waals surface area contributed by atoms with E-state index in [1.54, 1.807) is 24.9 Å². The van der Waals surface area contributed by atoms with E-state index in [0.29, 0.717) is 5.75 Å². The molecule has 0 atom stereocenters. The monoisotopic (exact) mass is 246 g/mol. The highest BCUT2D eigenvalue weighted by atomic mass is 32.2. The largest absolute Gasteiger partial charge is 0.507 e. The third-order valence-electron chi connectivity index (χ3n) is 2.44. The molecule has 2 aromatic carbocycles. The van der Waals surface area contributed by atoms with Crippen molar-refractivity contribution in [1.82, 2.24) is 0 Å². The van der Waals surface area contributed by atoms with Crippen LogP contribution in [0.1, 0.15) is 5.56 Å². The molecule has 2 rings (SSSR count). The Kier molecular flexibility index (Phi) is 3.94. The molecule has 0 saturated heterocycles. The fraction of sp³-hybridized carbons (Fsp3) is 0.143. The Hall–Kier alpha value is -1.61. The molecule has 0 spiro atoms. The molecule has 0 aliphatic heterocycles. The van der Waals surface area contributed by atoms with E-state index in [4.69, 9.17) is 4.74 Å². The Balaban J connectivity index is 2.10. The lowest BCUT2D eigenvalue weighted by Crippen LogP contribution is -1.89. The standard InChI is InChI=1S/C14H14O2S/c1-16-13-8-4-2-6-11(13)10-17-14-9-5-3-7-12(14)15/h2-9,15H,10H2,1H3. The average Bonchev–Trinajstić information content (AvgIpc) is 2.38. The summed E-state index contributed by atoms with van der Waals surface area (Å²) < 4.78 is 5.29. The molecule has 3 heteroatoms. The topological polar surface area (TPSA) is 29.5 Å². The van der Waals surface area contributed by atoms with E-state index in [-0.39, 0.29) is 0 Å². The Labute approximate surface area is 105 Å². The predicted molar refractivity (Wildman–Crippen MR) is 70.7 cm³/mol. The first-order valence-corrected chi connectivity index (χ1v) is 6.32. The lowest BCUT2D eigenvalue weighted by molar-refractivity contribution is 0.411. The predicted octanol–water partition coefficient (Wildman–Crippen LogP) is 3.69. The zero-order chi connectivity index (χ0) is 12.1. The lowest BCUT2D eigenvalue weighted by atomic mass is 10.2. The highest BCUT2D eigenvalue weighted by Crippen LogP contribution is 2.32. The minimum absolute atomic E-state index is 0.326. The smallest absolute Gasteiger partial charge is 0.129 e. The van der Waals surface area contributed by atoms with Gasteiger partial charge < -0.3 is 9.84 Å². The van der Waals surface area contributed by atoms with Gasteiger partial charge in [0.15, 0.2) is 0 Å². The Morgan fingerprint density at radius 1 is 1.06 bits per heavy atom. The van der Waals surface area contributed by atoms with Crippen LogP contribution in [0.25, 0.3) is 0 Å². The van der Waals surface area contributed by atoms with Crippen molar-refractivity contribution in [3.05, 3.63) is 54.1 Å². The van der Waals surface area contributed by atoms with Crippen LogP contribution < -0.4 is 4.74 Å². The zero-order valence-corrected chi connectivity index (χ0v) is 10.4. The number of hydrogen-bond acceptors (Lipinski definition) is 3. The van der Waals surface area contributed by atoms with Gasteiger partial charge >= 0.3 is 0 Å². The molecule has 0 aliphatic rings. The van der Waals surface area contributed by atoms with Crippen molar-refractivity contribution in [2.75, 3.05) is 7.11 Å². The molecule has 0 aromatic heterocycles. The molecule has 2 aromatic rings. The zero-order valence-electron chi connectivity index (χ0n) is 9.59. The summed E-state index contributed by atoms with van der Waals surface area (Å²) in [5, 5.41) is 9.66. The van der Waals surface area contributed by atoms with Crippen molar-refractivity contribution in [2.45, 2.75) is 10.6 Å². The molecule has 0 bridgehead atoms. The number of ether oxygens (including phenoxy) is 1. The molecular weight excluding hydrogens is 232 g/mol. The number of aromatic hydroxyl groups is 1. The fourth-order valence-electron chi connectivity index (χ4n) is 1.56. The summed E-state index contributed by atoms with van der Waals surface area (Å²) in [7, 11) is 1.67. The number of benzene rings is 2. The summed E-state index contributed by atoms with van der Waals surface area (Å²) in [6.45, 7) is 0. The molecule has 17 heavy (non-hydrogen) atoms. The summed E-state index contributed by atoms with van der Waals surface area (Å²) in [6, 6.07) is 15.3. The van der Waals surface area contributed by atoms with Crippen molar-refractivity contribution < 1.29 is 9.84 Å². The summed E-state index contributed by atoms with van der Waals surface area (Å²) >= 11 is 1.60. The molecule has 2 nitrogen and oxygen atoms in total. The fourth-order valence-corrected chi connectivity index (χ4v) is 2.50. The first-order valence-electron chi connectivity index (χ1n) is 5.34. The Morgan fingerprint density at radius 2 is 1.76 bits per heavy atom. The summed E-state index contributed by atoms with van der Waals surface area (Å²) in [4.78, 5) is 0.887. The van der Waals surface area contributed by atoms with Gasteiger partial charge in [-0.05, 0) is 18.2 Å². The maximum atomic E-state index is 9.66. The molecule has 0 saturated carbocycles. The minimum atomic E-state index is 0.326. The number of hydrogen-bond donors (Lipinski definition) is 1. The van der Waals surface area contributed by atoms with Crippen molar-refractivity contribution >= 4 is 11.8 Å². The number of rotatable bonds is 4.